The highest BCUT2D eigenvalue weighted by Crippen LogP contribution is 2.45. The van der Waals surface area contributed by atoms with Crippen LogP contribution in [0.1, 0.15) is 20.3 Å². The summed E-state index contributed by atoms with van der Waals surface area (Å²) in [6, 6.07) is 12.3. The number of nitrogens with one attached hydrogen (secondary N) is 1. The molecule has 0 spiro atoms. The largest absolute Gasteiger partial charge is 0.513 e. The first-order valence-corrected chi connectivity index (χ1v) is 11.4. The van der Waals surface area contributed by atoms with Crippen LogP contribution >= 0.6 is 30.3 Å². The highest BCUT2D eigenvalue weighted by Gasteiger charge is 2.34. The van der Waals surface area contributed by atoms with Gasteiger partial charge in [0.25, 0.3) is 5.69 Å². The number of rotatable bonds is 10. The van der Waals surface area contributed by atoms with Gasteiger partial charge in [0, 0.05) is 12.1 Å². The number of non-ortho nitro benzene ring substituents is 1. The van der Waals surface area contributed by atoms with Crippen LogP contribution in [0.4, 0.5) is 5.69 Å². The summed E-state index contributed by atoms with van der Waals surface area (Å²) in [5.41, 5.74) is -0.145. The highest BCUT2D eigenvalue weighted by atomic mass is 127. The van der Waals surface area contributed by atoms with Gasteiger partial charge in [-0.2, -0.15) is 5.09 Å². The normalized spacial score (nSPS) is 14.9. The standard InChI is InChI=1S/C18H20IN2O7P/c1-3-17(19)26-18(22)13(2)20-29(25,27-15-7-5-4-6-8-15)28-16-11-9-14(10-12-16)21(23)24/h4-13,17H,3H2,1-2H3,(H,20,25)/t13-,17?,29-/m0/s1. The number of ether oxygens (including phenoxy) is 1. The Hall–Kier alpha value is -2.17. The maximum Gasteiger partial charge on any atom is 0.513 e. The van der Waals surface area contributed by atoms with E-state index in [4.69, 9.17) is 13.8 Å². The van der Waals surface area contributed by atoms with Crippen molar-refractivity contribution in [3.63, 3.8) is 0 Å². The van der Waals surface area contributed by atoms with Crippen LogP contribution in [-0.2, 0) is 14.1 Å². The lowest BCUT2D eigenvalue weighted by atomic mass is 10.3. The van der Waals surface area contributed by atoms with Crippen LogP contribution in [0.3, 0.4) is 0 Å². The summed E-state index contributed by atoms with van der Waals surface area (Å²) < 4.78 is 29.2. The van der Waals surface area contributed by atoms with E-state index in [0.717, 1.165) is 0 Å². The van der Waals surface area contributed by atoms with Crippen molar-refractivity contribution in [3.05, 3.63) is 64.7 Å². The monoisotopic (exact) mass is 534 g/mol. The molecule has 0 aromatic heterocycles. The molecule has 3 atom stereocenters. The predicted octanol–water partition coefficient (Wildman–Crippen LogP) is 4.85. The lowest BCUT2D eigenvalue weighted by Gasteiger charge is -2.23. The van der Waals surface area contributed by atoms with Gasteiger partial charge in [0.1, 0.15) is 17.5 Å². The van der Waals surface area contributed by atoms with Gasteiger partial charge in [0.05, 0.1) is 4.92 Å². The molecule has 156 valence electrons. The molecule has 0 saturated heterocycles. The molecule has 0 bridgehead atoms. The Morgan fingerprint density at radius 3 is 2.21 bits per heavy atom. The third-order valence-electron chi connectivity index (χ3n) is 3.51. The Kier molecular flexibility index (Phi) is 8.42. The fourth-order valence-electron chi connectivity index (χ4n) is 2.06. The minimum absolute atomic E-state index is 0.0725. The molecule has 2 aromatic carbocycles. The number of nitrogens with zero attached hydrogens (tertiary/aromatic N) is 1. The van der Waals surface area contributed by atoms with Crippen molar-refractivity contribution in [2.45, 2.75) is 30.4 Å². The molecule has 1 N–H and O–H groups in total. The van der Waals surface area contributed by atoms with Gasteiger partial charge in [0.2, 0.25) is 0 Å². The number of benzene rings is 2. The summed E-state index contributed by atoms with van der Waals surface area (Å²) in [4.78, 5) is 22.4. The summed E-state index contributed by atoms with van der Waals surface area (Å²) in [6.45, 7) is 3.34. The molecule has 0 saturated carbocycles. The first-order valence-electron chi connectivity index (χ1n) is 8.63. The maximum atomic E-state index is 13.3. The van der Waals surface area contributed by atoms with Crippen molar-refractivity contribution in [2.75, 3.05) is 0 Å². The second kappa shape index (κ2) is 10.6. The van der Waals surface area contributed by atoms with Gasteiger partial charge in [-0.15, -0.1) is 0 Å². The van der Waals surface area contributed by atoms with E-state index in [1.54, 1.807) is 30.3 Å². The van der Waals surface area contributed by atoms with E-state index in [2.05, 4.69) is 5.09 Å². The SMILES string of the molecule is CCC(I)OC(=O)[C@H](C)N[P@](=O)(Oc1ccccc1)Oc1ccc([N+](=O)[O-])cc1. The molecular weight excluding hydrogens is 514 g/mol. The van der Waals surface area contributed by atoms with Gasteiger partial charge in [-0.1, -0.05) is 25.1 Å². The summed E-state index contributed by atoms with van der Waals surface area (Å²) in [6.07, 6.45) is 0.622. The molecule has 11 heteroatoms. The van der Waals surface area contributed by atoms with Crippen molar-refractivity contribution in [1.82, 2.24) is 5.09 Å². The number of esters is 1. The minimum Gasteiger partial charge on any atom is -0.451 e. The molecule has 0 fully saturated rings. The van der Waals surface area contributed by atoms with Crippen molar-refractivity contribution < 1.29 is 28.1 Å². The quantitative estimate of drug-likeness (QED) is 0.115. The Balaban J connectivity index is 2.22. The molecule has 0 aliphatic rings. The van der Waals surface area contributed by atoms with Crippen LogP contribution in [0, 0.1) is 10.1 Å². The maximum absolute atomic E-state index is 13.3. The number of hydrogen-bond acceptors (Lipinski definition) is 7. The van der Waals surface area contributed by atoms with Crippen molar-refractivity contribution in [2.24, 2.45) is 0 Å². The Bertz CT molecular complexity index is 880. The average Bonchev–Trinajstić information content (AvgIpc) is 2.68. The van der Waals surface area contributed by atoms with Gasteiger partial charge >= 0.3 is 13.7 Å². The van der Waals surface area contributed by atoms with Gasteiger partial charge in [-0.3, -0.25) is 14.9 Å². The molecule has 0 aliphatic heterocycles. The number of halogens is 1. The molecular formula is C18H20IN2O7P. The number of carbonyl (C=O) groups is 1. The number of nitro groups is 1. The van der Waals surface area contributed by atoms with Crippen LogP contribution in [0.5, 0.6) is 11.5 Å². The third-order valence-corrected chi connectivity index (χ3v) is 6.25. The van der Waals surface area contributed by atoms with E-state index in [1.165, 1.54) is 31.2 Å². The highest BCUT2D eigenvalue weighted by molar-refractivity contribution is 14.1. The third kappa shape index (κ3) is 7.30. The topological polar surface area (TPSA) is 117 Å². The van der Waals surface area contributed by atoms with Crippen LogP contribution in [0.2, 0.25) is 0 Å². The van der Waals surface area contributed by atoms with E-state index in [0.29, 0.717) is 6.42 Å². The summed E-state index contributed by atoms with van der Waals surface area (Å²) in [5.74, 6) is -0.287. The van der Waals surface area contributed by atoms with Crippen LogP contribution in [-0.4, -0.2) is 21.0 Å². The van der Waals surface area contributed by atoms with Crippen LogP contribution < -0.4 is 14.1 Å². The number of alkyl halides is 1. The molecule has 1 unspecified atom stereocenters. The van der Waals surface area contributed by atoms with Crippen molar-refractivity contribution in [1.29, 1.82) is 0 Å². The summed E-state index contributed by atoms with van der Waals surface area (Å²) >= 11 is 1.98. The number of para-hydroxylation sites is 1. The Morgan fingerprint density at radius 1 is 1.14 bits per heavy atom. The lowest BCUT2D eigenvalue weighted by Crippen LogP contribution is -2.36. The number of nitro benzene ring substituents is 1. The first kappa shape index (κ1) is 23.1. The fourth-order valence-corrected chi connectivity index (χ4v) is 3.83. The van der Waals surface area contributed by atoms with E-state index in [-0.39, 0.29) is 21.3 Å². The lowest BCUT2D eigenvalue weighted by molar-refractivity contribution is -0.384. The Labute approximate surface area is 181 Å². The van der Waals surface area contributed by atoms with Crippen molar-refractivity contribution >= 4 is 42.0 Å². The van der Waals surface area contributed by atoms with E-state index in [1.807, 2.05) is 29.5 Å². The molecule has 0 heterocycles. The van der Waals surface area contributed by atoms with E-state index < -0.39 is 24.7 Å². The summed E-state index contributed by atoms with van der Waals surface area (Å²) in [5, 5.41) is 13.3. The smallest absolute Gasteiger partial charge is 0.451 e. The van der Waals surface area contributed by atoms with Crippen molar-refractivity contribution in [3.8, 4) is 11.5 Å². The minimum atomic E-state index is -4.09. The van der Waals surface area contributed by atoms with Crippen LogP contribution in [0.25, 0.3) is 0 Å². The van der Waals surface area contributed by atoms with Gasteiger partial charge in [-0.05, 0) is 60.2 Å². The molecule has 0 radical (unpaired) electrons. The zero-order valence-corrected chi connectivity index (χ0v) is 18.7. The van der Waals surface area contributed by atoms with E-state index in [9.17, 15) is 19.5 Å². The first-order chi connectivity index (χ1) is 13.7. The fraction of sp³-hybridized carbons (Fsp3) is 0.278. The van der Waals surface area contributed by atoms with Crippen LogP contribution in [0.15, 0.2) is 54.6 Å². The molecule has 2 rings (SSSR count). The van der Waals surface area contributed by atoms with Gasteiger partial charge < -0.3 is 13.8 Å². The molecule has 0 amide bonds. The molecule has 9 nitrogen and oxygen atoms in total. The molecule has 2 aromatic rings. The molecule has 0 aliphatic carbocycles. The molecule has 29 heavy (non-hydrogen) atoms. The van der Waals surface area contributed by atoms with Gasteiger partial charge in [-0.25, -0.2) is 4.57 Å². The Morgan fingerprint density at radius 2 is 1.69 bits per heavy atom. The van der Waals surface area contributed by atoms with Gasteiger partial charge in [0.15, 0.2) is 4.11 Å². The zero-order chi connectivity index (χ0) is 21.4. The predicted molar refractivity (Wildman–Crippen MR) is 115 cm³/mol. The summed E-state index contributed by atoms with van der Waals surface area (Å²) in [7, 11) is -4.09. The zero-order valence-electron chi connectivity index (χ0n) is 15.7. The second-order valence-corrected chi connectivity index (χ2v) is 8.86. The van der Waals surface area contributed by atoms with E-state index >= 15 is 0 Å². The second-order valence-electron chi connectivity index (χ2n) is 5.85. The number of hydrogen-bond donors (Lipinski definition) is 1. The average molecular weight is 534 g/mol. The number of carbonyl (C=O) groups excluding carboxylic acids is 1.